The van der Waals surface area contributed by atoms with Crippen molar-refractivity contribution in [2.75, 3.05) is 46.4 Å². The Morgan fingerprint density at radius 1 is 1.23 bits per heavy atom. The molecule has 2 atom stereocenters. The highest BCUT2D eigenvalue weighted by atomic mass is 16.5. The van der Waals surface area contributed by atoms with Crippen molar-refractivity contribution in [1.29, 1.82) is 0 Å². The Bertz CT molecular complexity index is 171. The van der Waals surface area contributed by atoms with Gasteiger partial charge >= 0.3 is 0 Å². The van der Waals surface area contributed by atoms with Crippen molar-refractivity contribution in [1.82, 2.24) is 9.80 Å². The zero-order chi connectivity index (χ0) is 9.26. The normalized spacial score (nSPS) is 38.3. The van der Waals surface area contributed by atoms with E-state index in [9.17, 15) is 5.11 Å². The largest absolute Gasteiger partial charge is 0.390 e. The van der Waals surface area contributed by atoms with Crippen LogP contribution in [-0.2, 0) is 4.74 Å². The summed E-state index contributed by atoms with van der Waals surface area (Å²) in [6.07, 6.45) is -0.178. The van der Waals surface area contributed by atoms with E-state index in [0.717, 1.165) is 39.4 Å². The van der Waals surface area contributed by atoms with Gasteiger partial charge in [0.1, 0.15) is 0 Å². The van der Waals surface area contributed by atoms with Crippen LogP contribution in [0.2, 0.25) is 0 Å². The van der Waals surface area contributed by atoms with Crippen molar-refractivity contribution in [2.45, 2.75) is 12.1 Å². The molecular formula is C9H18N2O2. The number of morpholine rings is 1. The average Bonchev–Trinajstić information content (AvgIpc) is 2.47. The molecule has 76 valence electrons. The molecule has 4 nitrogen and oxygen atoms in total. The summed E-state index contributed by atoms with van der Waals surface area (Å²) >= 11 is 0. The summed E-state index contributed by atoms with van der Waals surface area (Å²) < 4.78 is 5.28. The van der Waals surface area contributed by atoms with Crippen LogP contribution in [-0.4, -0.2) is 73.5 Å². The molecule has 0 saturated carbocycles. The molecule has 0 spiro atoms. The number of ether oxygens (including phenoxy) is 1. The third kappa shape index (κ3) is 2.02. The van der Waals surface area contributed by atoms with Gasteiger partial charge in [0, 0.05) is 32.2 Å². The Morgan fingerprint density at radius 3 is 2.46 bits per heavy atom. The van der Waals surface area contributed by atoms with Gasteiger partial charge in [0.25, 0.3) is 0 Å². The zero-order valence-electron chi connectivity index (χ0n) is 8.15. The van der Waals surface area contributed by atoms with Crippen molar-refractivity contribution in [3.8, 4) is 0 Å². The Balaban J connectivity index is 1.91. The first-order chi connectivity index (χ1) is 6.27. The van der Waals surface area contributed by atoms with Crippen LogP contribution in [0.3, 0.4) is 0 Å². The maximum absolute atomic E-state index is 9.79. The van der Waals surface area contributed by atoms with Crippen molar-refractivity contribution < 1.29 is 9.84 Å². The van der Waals surface area contributed by atoms with Crippen LogP contribution in [0.4, 0.5) is 0 Å². The van der Waals surface area contributed by atoms with Crippen molar-refractivity contribution in [3.63, 3.8) is 0 Å². The first-order valence-corrected chi connectivity index (χ1v) is 4.96. The number of aliphatic hydroxyl groups is 1. The first kappa shape index (κ1) is 9.40. The van der Waals surface area contributed by atoms with Gasteiger partial charge in [-0.1, -0.05) is 0 Å². The molecule has 0 aromatic heterocycles. The fraction of sp³-hybridized carbons (Fsp3) is 1.00. The van der Waals surface area contributed by atoms with E-state index in [2.05, 4.69) is 16.8 Å². The highest BCUT2D eigenvalue weighted by Crippen LogP contribution is 2.15. The summed E-state index contributed by atoms with van der Waals surface area (Å²) in [5.41, 5.74) is 0. The zero-order valence-corrected chi connectivity index (χ0v) is 8.15. The molecule has 2 heterocycles. The van der Waals surface area contributed by atoms with Crippen LogP contribution in [0.25, 0.3) is 0 Å². The lowest BCUT2D eigenvalue weighted by Crippen LogP contribution is -2.48. The van der Waals surface area contributed by atoms with Crippen LogP contribution in [0.5, 0.6) is 0 Å². The Labute approximate surface area is 79.1 Å². The van der Waals surface area contributed by atoms with E-state index >= 15 is 0 Å². The minimum Gasteiger partial charge on any atom is -0.390 e. The molecule has 0 aromatic rings. The van der Waals surface area contributed by atoms with E-state index in [4.69, 9.17) is 4.74 Å². The summed E-state index contributed by atoms with van der Waals surface area (Å²) in [5.74, 6) is 0. The van der Waals surface area contributed by atoms with E-state index in [1.807, 2.05) is 0 Å². The first-order valence-electron chi connectivity index (χ1n) is 4.96. The van der Waals surface area contributed by atoms with Gasteiger partial charge in [-0.3, -0.25) is 4.90 Å². The number of likely N-dealkylation sites (N-methyl/N-ethyl adjacent to an activating group) is 1. The van der Waals surface area contributed by atoms with Crippen LogP contribution in [0.1, 0.15) is 0 Å². The minimum absolute atomic E-state index is 0.178. The summed E-state index contributed by atoms with van der Waals surface area (Å²) in [4.78, 5) is 4.53. The van der Waals surface area contributed by atoms with Gasteiger partial charge in [-0.05, 0) is 7.05 Å². The van der Waals surface area contributed by atoms with Crippen molar-refractivity contribution in [2.24, 2.45) is 0 Å². The molecular weight excluding hydrogens is 168 g/mol. The molecule has 4 heteroatoms. The molecule has 0 aliphatic carbocycles. The second-order valence-corrected chi connectivity index (χ2v) is 4.00. The summed E-state index contributed by atoms with van der Waals surface area (Å²) in [7, 11) is 2.06. The van der Waals surface area contributed by atoms with Gasteiger partial charge in [0.05, 0.1) is 19.3 Å². The molecule has 0 bridgehead atoms. The van der Waals surface area contributed by atoms with Crippen LogP contribution in [0, 0.1) is 0 Å². The van der Waals surface area contributed by atoms with Gasteiger partial charge in [-0.25, -0.2) is 0 Å². The third-order valence-corrected chi connectivity index (χ3v) is 2.96. The standard InChI is InChI=1S/C9H18N2O2/c1-10-6-8(9(12)7-10)11-2-4-13-5-3-11/h8-9,12H,2-7H2,1H3/t8-,9-/m0/s1. The highest BCUT2D eigenvalue weighted by Gasteiger charge is 2.34. The highest BCUT2D eigenvalue weighted by molar-refractivity contribution is 4.90. The molecule has 13 heavy (non-hydrogen) atoms. The number of nitrogens with zero attached hydrogens (tertiary/aromatic N) is 2. The van der Waals surface area contributed by atoms with Crippen LogP contribution >= 0.6 is 0 Å². The van der Waals surface area contributed by atoms with Gasteiger partial charge in [-0.2, -0.15) is 0 Å². The minimum atomic E-state index is -0.178. The second-order valence-electron chi connectivity index (χ2n) is 4.00. The van der Waals surface area contributed by atoms with E-state index < -0.39 is 0 Å². The molecule has 2 rings (SSSR count). The second kappa shape index (κ2) is 3.92. The molecule has 0 aromatic carbocycles. The fourth-order valence-electron chi connectivity index (χ4n) is 2.22. The Kier molecular flexibility index (Phi) is 2.83. The molecule has 2 aliphatic heterocycles. The lowest BCUT2D eigenvalue weighted by molar-refractivity contribution is -0.00611. The van der Waals surface area contributed by atoms with Crippen molar-refractivity contribution in [3.05, 3.63) is 0 Å². The number of β-amino-alcohol motifs (C(OH)–C–C–N with tert-alkyl or cyclic N) is 1. The van der Waals surface area contributed by atoms with Gasteiger partial charge < -0.3 is 14.7 Å². The summed E-state index contributed by atoms with van der Waals surface area (Å²) in [5, 5.41) is 9.79. The molecule has 2 fully saturated rings. The number of hydrogen-bond donors (Lipinski definition) is 1. The summed E-state index contributed by atoms with van der Waals surface area (Å²) in [6, 6.07) is 0.328. The molecule has 1 N–H and O–H groups in total. The van der Waals surface area contributed by atoms with E-state index in [-0.39, 0.29) is 6.10 Å². The van der Waals surface area contributed by atoms with Crippen LogP contribution in [0.15, 0.2) is 0 Å². The Morgan fingerprint density at radius 2 is 1.92 bits per heavy atom. The number of aliphatic hydroxyl groups excluding tert-OH is 1. The monoisotopic (exact) mass is 186 g/mol. The fourth-order valence-corrected chi connectivity index (χ4v) is 2.22. The van der Waals surface area contributed by atoms with E-state index in [1.54, 1.807) is 0 Å². The average molecular weight is 186 g/mol. The number of hydrogen-bond acceptors (Lipinski definition) is 4. The predicted molar refractivity (Wildman–Crippen MR) is 49.7 cm³/mol. The lowest BCUT2D eigenvalue weighted by atomic mass is 10.2. The third-order valence-electron chi connectivity index (χ3n) is 2.96. The molecule has 0 unspecified atom stereocenters. The number of likely N-dealkylation sites (tertiary alicyclic amines) is 1. The Hall–Kier alpha value is -0.160. The quantitative estimate of drug-likeness (QED) is 0.569. The lowest BCUT2D eigenvalue weighted by Gasteiger charge is -2.33. The maximum Gasteiger partial charge on any atom is 0.0834 e. The van der Waals surface area contributed by atoms with E-state index in [0.29, 0.717) is 6.04 Å². The number of rotatable bonds is 1. The SMILES string of the molecule is CN1C[C@H](O)[C@@H](N2CCOCC2)C1. The smallest absolute Gasteiger partial charge is 0.0834 e. The van der Waals surface area contributed by atoms with Crippen molar-refractivity contribution >= 4 is 0 Å². The van der Waals surface area contributed by atoms with Gasteiger partial charge in [-0.15, -0.1) is 0 Å². The predicted octanol–water partition coefficient (Wildman–Crippen LogP) is -1.01. The molecule has 0 radical (unpaired) electrons. The van der Waals surface area contributed by atoms with E-state index in [1.165, 1.54) is 0 Å². The summed E-state index contributed by atoms with van der Waals surface area (Å²) in [6.45, 7) is 5.36. The molecule has 2 aliphatic rings. The topological polar surface area (TPSA) is 35.9 Å². The van der Waals surface area contributed by atoms with Gasteiger partial charge in [0.15, 0.2) is 0 Å². The molecule has 0 amide bonds. The van der Waals surface area contributed by atoms with Gasteiger partial charge in [0.2, 0.25) is 0 Å². The van der Waals surface area contributed by atoms with Crippen LogP contribution < -0.4 is 0 Å². The molecule has 2 saturated heterocycles. The maximum atomic E-state index is 9.79.